The van der Waals surface area contributed by atoms with Gasteiger partial charge in [-0.15, -0.1) is 11.6 Å². The summed E-state index contributed by atoms with van der Waals surface area (Å²) in [7, 11) is -2.86. The first-order valence-electron chi connectivity index (χ1n) is 5.41. The molecule has 1 fully saturated rings. The van der Waals surface area contributed by atoms with Crippen molar-refractivity contribution in [3.05, 3.63) is 35.4 Å². The highest BCUT2D eigenvalue weighted by molar-refractivity contribution is 7.91. The zero-order valence-corrected chi connectivity index (χ0v) is 10.8. The van der Waals surface area contributed by atoms with Crippen molar-refractivity contribution in [3.63, 3.8) is 0 Å². The second-order valence-electron chi connectivity index (χ2n) is 4.28. The van der Waals surface area contributed by atoms with Crippen LogP contribution in [0.4, 0.5) is 0 Å². The van der Waals surface area contributed by atoms with Crippen molar-refractivity contribution >= 4 is 27.2 Å². The third-order valence-corrected chi connectivity index (χ3v) is 5.07. The lowest BCUT2D eigenvalue weighted by molar-refractivity contribution is 0.102. The minimum atomic E-state index is -2.86. The highest BCUT2D eigenvalue weighted by Gasteiger charge is 2.28. The minimum absolute atomic E-state index is 0.0306. The number of sulfone groups is 1. The van der Waals surface area contributed by atoms with E-state index in [0.717, 1.165) is 5.56 Å². The molecule has 1 aliphatic rings. The lowest BCUT2D eigenvalue weighted by Gasteiger charge is -2.08. The molecule has 0 unspecified atom stereocenters. The molecule has 1 aromatic carbocycles. The SMILES string of the molecule is O=C(CCl)c1ccc([C@H]2CCS(=O)(=O)C2)cc1. The van der Waals surface area contributed by atoms with Crippen molar-refractivity contribution in [2.45, 2.75) is 12.3 Å². The molecule has 0 bridgehead atoms. The fourth-order valence-corrected chi connectivity index (χ4v) is 4.01. The summed E-state index contributed by atoms with van der Waals surface area (Å²) in [5.41, 5.74) is 1.56. The largest absolute Gasteiger partial charge is 0.293 e. The molecule has 3 nitrogen and oxygen atoms in total. The van der Waals surface area contributed by atoms with Crippen LogP contribution >= 0.6 is 11.6 Å². The zero-order valence-electron chi connectivity index (χ0n) is 9.23. The van der Waals surface area contributed by atoms with E-state index in [2.05, 4.69) is 0 Å². The van der Waals surface area contributed by atoms with E-state index < -0.39 is 9.84 Å². The van der Waals surface area contributed by atoms with Crippen molar-refractivity contribution < 1.29 is 13.2 Å². The number of carbonyl (C=O) groups excluding carboxylic acids is 1. The van der Waals surface area contributed by atoms with Crippen molar-refractivity contribution in [2.75, 3.05) is 17.4 Å². The van der Waals surface area contributed by atoms with Gasteiger partial charge in [0.05, 0.1) is 17.4 Å². The summed E-state index contributed by atoms with van der Waals surface area (Å²) in [5, 5.41) is 0. The minimum Gasteiger partial charge on any atom is -0.293 e. The van der Waals surface area contributed by atoms with Gasteiger partial charge >= 0.3 is 0 Å². The lowest BCUT2D eigenvalue weighted by Crippen LogP contribution is -2.05. The lowest BCUT2D eigenvalue weighted by atomic mass is 9.97. The van der Waals surface area contributed by atoms with Gasteiger partial charge in [0.25, 0.3) is 0 Å². The average molecular weight is 273 g/mol. The van der Waals surface area contributed by atoms with E-state index in [1.165, 1.54) is 0 Å². The molecule has 0 saturated carbocycles. The number of ketones is 1. The second-order valence-corrected chi connectivity index (χ2v) is 6.77. The fourth-order valence-electron chi connectivity index (χ4n) is 2.08. The number of rotatable bonds is 3. The van der Waals surface area contributed by atoms with Crippen molar-refractivity contribution in [3.8, 4) is 0 Å². The number of hydrogen-bond acceptors (Lipinski definition) is 3. The maximum atomic E-state index is 11.4. The van der Waals surface area contributed by atoms with Gasteiger partial charge < -0.3 is 0 Å². The molecule has 2 rings (SSSR count). The fraction of sp³-hybridized carbons (Fsp3) is 0.417. The van der Waals surface area contributed by atoms with Crippen LogP contribution in [-0.2, 0) is 9.84 Å². The summed E-state index contributed by atoms with van der Waals surface area (Å²) in [4.78, 5) is 11.3. The Bertz CT molecular complexity index is 519. The van der Waals surface area contributed by atoms with E-state index >= 15 is 0 Å². The first-order valence-corrected chi connectivity index (χ1v) is 7.77. The maximum Gasteiger partial charge on any atom is 0.177 e. The Hall–Kier alpha value is -0.870. The molecule has 1 aliphatic heterocycles. The summed E-state index contributed by atoms with van der Waals surface area (Å²) >= 11 is 5.46. The molecular weight excluding hydrogens is 260 g/mol. The highest BCUT2D eigenvalue weighted by Crippen LogP contribution is 2.28. The standard InChI is InChI=1S/C12H13ClO3S/c13-7-12(14)10-3-1-9(2-4-10)11-5-6-17(15,16)8-11/h1-4,11H,5-8H2/t11-/m0/s1. The van der Waals surface area contributed by atoms with Crippen LogP contribution < -0.4 is 0 Å². The summed E-state index contributed by atoms with van der Waals surface area (Å²) in [6.07, 6.45) is 0.672. The Morgan fingerprint density at radius 1 is 1.29 bits per heavy atom. The van der Waals surface area contributed by atoms with Crippen LogP contribution in [0.3, 0.4) is 0 Å². The monoisotopic (exact) mass is 272 g/mol. The van der Waals surface area contributed by atoms with Gasteiger partial charge in [-0.1, -0.05) is 24.3 Å². The molecule has 1 heterocycles. The zero-order chi connectivity index (χ0) is 12.5. The molecule has 1 atom stereocenters. The van der Waals surface area contributed by atoms with Crippen molar-refractivity contribution in [1.29, 1.82) is 0 Å². The molecule has 0 aliphatic carbocycles. The Balaban J connectivity index is 2.17. The Labute approximate surface area is 106 Å². The Morgan fingerprint density at radius 2 is 1.94 bits per heavy atom. The van der Waals surface area contributed by atoms with Crippen LogP contribution in [0.2, 0.25) is 0 Å². The summed E-state index contributed by atoms with van der Waals surface area (Å²) < 4.78 is 22.7. The number of Topliss-reactive ketones (excluding diaryl/α,β-unsaturated/α-hetero) is 1. The highest BCUT2D eigenvalue weighted by atomic mass is 35.5. The molecule has 0 spiro atoms. The van der Waals surface area contributed by atoms with Gasteiger partial charge in [-0.05, 0) is 17.9 Å². The first-order chi connectivity index (χ1) is 8.02. The van der Waals surface area contributed by atoms with E-state index in [4.69, 9.17) is 11.6 Å². The van der Waals surface area contributed by atoms with Crippen LogP contribution in [0.15, 0.2) is 24.3 Å². The van der Waals surface area contributed by atoms with Crippen LogP contribution in [0.25, 0.3) is 0 Å². The molecule has 0 N–H and O–H groups in total. The van der Waals surface area contributed by atoms with E-state index in [1.54, 1.807) is 12.1 Å². The van der Waals surface area contributed by atoms with E-state index in [-0.39, 0.29) is 29.1 Å². The van der Waals surface area contributed by atoms with Crippen molar-refractivity contribution in [1.82, 2.24) is 0 Å². The predicted molar refractivity (Wildman–Crippen MR) is 67.5 cm³/mol. The van der Waals surface area contributed by atoms with Crippen LogP contribution in [0.1, 0.15) is 28.3 Å². The van der Waals surface area contributed by atoms with Gasteiger partial charge in [0.2, 0.25) is 0 Å². The van der Waals surface area contributed by atoms with Crippen molar-refractivity contribution in [2.24, 2.45) is 0 Å². The van der Waals surface area contributed by atoms with Gasteiger partial charge in [-0.2, -0.15) is 0 Å². The normalized spacial score (nSPS) is 22.5. The number of benzene rings is 1. The molecule has 0 amide bonds. The van der Waals surface area contributed by atoms with E-state index in [9.17, 15) is 13.2 Å². The average Bonchev–Trinajstić information content (AvgIpc) is 2.69. The predicted octanol–water partition coefficient (Wildman–Crippen LogP) is 2.01. The van der Waals surface area contributed by atoms with Gasteiger partial charge in [0, 0.05) is 5.56 Å². The number of alkyl halides is 1. The second kappa shape index (κ2) is 4.78. The van der Waals surface area contributed by atoms with Crippen LogP contribution in [0, 0.1) is 0 Å². The molecular formula is C12H13ClO3S. The summed E-state index contributed by atoms with van der Waals surface area (Å²) in [6.45, 7) is 0. The van der Waals surface area contributed by atoms with Gasteiger partial charge in [0.15, 0.2) is 15.6 Å². The van der Waals surface area contributed by atoms with Gasteiger partial charge in [-0.25, -0.2) is 8.42 Å². The first kappa shape index (κ1) is 12.6. The van der Waals surface area contributed by atoms with E-state index in [0.29, 0.717) is 12.0 Å². The Morgan fingerprint density at radius 3 is 2.41 bits per heavy atom. The molecule has 5 heteroatoms. The molecule has 1 saturated heterocycles. The smallest absolute Gasteiger partial charge is 0.177 e. The molecule has 0 radical (unpaired) electrons. The number of carbonyl (C=O) groups is 1. The van der Waals surface area contributed by atoms with Crippen LogP contribution in [0.5, 0.6) is 0 Å². The maximum absolute atomic E-state index is 11.4. The molecule has 0 aromatic heterocycles. The molecule has 17 heavy (non-hydrogen) atoms. The van der Waals surface area contributed by atoms with Crippen LogP contribution in [-0.4, -0.2) is 31.6 Å². The summed E-state index contributed by atoms with van der Waals surface area (Å²) in [6, 6.07) is 7.08. The molecule has 92 valence electrons. The number of hydrogen-bond donors (Lipinski definition) is 0. The van der Waals surface area contributed by atoms with Gasteiger partial charge in [0.1, 0.15) is 0 Å². The quantitative estimate of drug-likeness (QED) is 0.625. The topological polar surface area (TPSA) is 51.2 Å². The van der Waals surface area contributed by atoms with E-state index in [1.807, 2.05) is 12.1 Å². The molecule has 1 aromatic rings. The third-order valence-electron chi connectivity index (χ3n) is 3.06. The summed E-state index contributed by atoms with van der Waals surface area (Å²) in [5.74, 6) is 0.407. The Kier molecular flexibility index (Phi) is 3.54. The number of halogens is 1. The van der Waals surface area contributed by atoms with Gasteiger partial charge in [-0.3, -0.25) is 4.79 Å². The third kappa shape index (κ3) is 2.87.